The summed E-state index contributed by atoms with van der Waals surface area (Å²) in [4.78, 5) is 28.1. The first kappa shape index (κ1) is 35.7. The molecule has 284 valence electrons. The van der Waals surface area contributed by atoms with Crippen molar-refractivity contribution in [1.29, 1.82) is 5.26 Å². The number of aromatic nitrogens is 2. The molecule has 1 amide bonds. The molecule has 9 nitrogen and oxygen atoms in total. The minimum Gasteiger partial charge on any atom is -0.461 e. The minimum absolute atomic E-state index is 0.0117. The summed E-state index contributed by atoms with van der Waals surface area (Å²) in [5, 5.41) is 10.5. The number of carbonyl (C=O) groups excluding carboxylic acids is 1. The van der Waals surface area contributed by atoms with Gasteiger partial charge in [-0.3, -0.25) is 9.69 Å². The van der Waals surface area contributed by atoms with Gasteiger partial charge in [0.05, 0.1) is 20.8 Å². The first-order chi connectivity index (χ1) is 25.8. The van der Waals surface area contributed by atoms with Gasteiger partial charge < -0.3 is 20.3 Å². The van der Waals surface area contributed by atoms with E-state index in [9.17, 15) is 27.6 Å². The molecular formula is C38H37ClF5N7O2S. The molecule has 4 aromatic rings. The molecule has 1 spiro atoms. The second-order valence-corrected chi connectivity index (χ2v) is 17.3. The Balaban J connectivity index is 1.12. The molecule has 5 aliphatic rings. The number of amides is 1. The summed E-state index contributed by atoms with van der Waals surface area (Å²) in [6, 6.07) is 6.04. The zero-order valence-electron chi connectivity index (χ0n) is 29.2. The highest BCUT2D eigenvalue weighted by atomic mass is 35.5. The van der Waals surface area contributed by atoms with Gasteiger partial charge in [-0.25, -0.2) is 22.0 Å². The summed E-state index contributed by atoms with van der Waals surface area (Å²) in [6.07, 6.45) is 3.01. The number of halogens is 6. The number of hydrogen-bond donors (Lipinski definition) is 1. The van der Waals surface area contributed by atoms with Crippen LogP contribution >= 0.6 is 22.9 Å². The van der Waals surface area contributed by atoms with Crippen LogP contribution in [0.15, 0.2) is 18.2 Å². The molecule has 54 heavy (non-hydrogen) atoms. The molecule has 3 atom stereocenters. The molecule has 2 aromatic heterocycles. The fraction of sp³-hybridized carbons (Fsp3) is 0.526. The Morgan fingerprint density at radius 3 is 2.67 bits per heavy atom. The number of likely N-dealkylation sites (tertiary alicyclic amines) is 1. The number of alkyl halides is 3. The van der Waals surface area contributed by atoms with Gasteiger partial charge in [0.25, 0.3) is 5.92 Å². The average molecular weight is 786 g/mol. The summed E-state index contributed by atoms with van der Waals surface area (Å²) >= 11 is 7.81. The van der Waals surface area contributed by atoms with Crippen LogP contribution in [0.3, 0.4) is 0 Å². The largest absolute Gasteiger partial charge is 0.461 e. The zero-order valence-corrected chi connectivity index (χ0v) is 30.8. The quantitative estimate of drug-likeness (QED) is 0.190. The monoisotopic (exact) mass is 785 g/mol. The van der Waals surface area contributed by atoms with Crippen molar-refractivity contribution in [3.05, 3.63) is 40.4 Å². The number of anilines is 2. The maximum Gasteiger partial charge on any atom is 0.319 e. The molecule has 1 unspecified atom stereocenters. The molecule has 0 bridgehead atoms. The smallest absolute Gasteiger partial charge is 0.319 e. The van der Waals surface area contributed by atoms with Gasteiger partial charge in [0.15, 0.2) is 5.82 Å². The topological polar surface area (TPSA) is 112 Å². The molecule has 4 aliphatic heterocycles. The van der Waals surface area contributed by atoms with Gasteiger partial charge in [0.1, 0.15) is 41.0 Å². The van der Waals surface area contributed by atoms with Gasteiger partial charge in [-0.2, -0.15) is 15.2 Å². The molecule has 1 aliphatic carbocycles. The highest BCUT2D eigenvalue weighted by Gasteiger charge is 2.58. The van der Waals surface area contributed by atoms with E-state index in [1.54, 1.807) is 11.0 Å². The van der Waals surface area contributed by atoms with Gasteiger partial charge in [-0.05, 0) is 49.9 Å². The number of thiophene rings is 1. The van der Waals surface area contributed by atoms with Crippen LogP contribution < -0.4 is 15.4 Å². The van der Waals surface area contributed by atoms with Crippen molar-refractivity contribution >= 4 is 60.7 Å². The lowest BCUT2D eigenvalue weighted by atomic mass is 9.75. The molecule has 16 heteroatoms. The SMILES string of the molecule is N#Cc1c(N)sc2c(F)ccc(-c3c(Cl)cc4c(N5CCCCC6(CN(C(=O)CC7CC7(F)F)C6)C5)nc(OC[C@@]56CCCN5C[C@H](F)C6)nc4c3F)c12. The second kappa shape index (κ2) is 12.8. The molecule has 6 heterocycles. The number of benzene rings is 2. The Hall–Kier alpha value is -4.00. The van der Waals surface area contributed by atoms with Gasteiger partial charge in [-0.1, -0.05) is 24.1 Å². The summed E-state index contributed by atoms with van der Waals surface area (Å²) in [6.45, 7) is 3.04. The van der Waals surface area contributed by atoms with Crippen molar-refractivity contribution in [2.45, 2.75) is 69.0 Å². The predicted octanol–water partition coefficient (Wildman–Crippen LogP) is 7.72. The molecule has 2 aromatic carbocycles. The van der Waals surface area contributed by atoms with Crippen LogP contribution in [-0.2, 0) is 4.79 Å². The van der Waals surface area contributed by atoms with Crippen LogP contribution in [-0.4, -0.2) is 89.2 Å². The number of nitrogen functional groups attached to an aromatic ring is 1. The predicted molar refractivity (Wildman–Crippen MR) is 196 cm³/mol. The highest BCUT2D eigenvalue weighted by Crippen LogP contribution is 2.52. The lowest BCUT2D eigenvalue weighted by molar-refractivity contribution is -0.144. The third kappa shape index (κ3) is 5.82. The van der Waals surface area contributed by atoms with E-state index < -0.39 is 35.2 Å². The van der Waals surface area contributed by atoms with Crippen LogP contribution in [0, 0.1) is 34.3 Å². The summed E-state index contributed by atoms with van der Waals surface area (Å²) in [5.74, 6) is -4.98. The number of nitrogens with two attached hydrogens (primary N) is 1. The summed E-state index contributed by atoms with van der Waals surface area (Å²) < 4.78 is 80.4. The normalized spacial score (nSPS) is 25.9. The molecule has 5 fully saturated rings. The second-order valence-electron chi connectivity index (χ2n) is 15.9. The third-order valence-electron chi connectivity index (χ3n) is 12.3. The average Bonchev–Trinajstić information content (AvgIpc) is 3.29. The first-order valence-electron chi connectivity index (χ1n) is 18.3. The molecule has 9 rings (SSSR count). The van der Waals surface area contributed by atoms with Crippen LogP contribution in [0.5, 0.6) is 6.01 Å². The van der Waals surface area contributed by atoms with Crippen molar-refractivity contribution in [2.75, 3.05) is 56.5 Å². The molecule has 0 radical (unpaired) electrons. The van der Waals surface area contributed by atoms with Crippen molar-refractivity contribution in [3.8, 4) is 23.2 Å². The van der Waals surface area contributed by atoms with Crippen molar-refractivity contribution in [1.82, 2.24) is 19.8 Å². The van der Waals surface area contributed by atoms with E-state index in [2.05, 4.69) is 9.88 Å². The Labute approximate surface area is 316 Å². The van der Waals surface area contributed by atoms with E-state index in [-0.39, 0.29) is 79.1 Å². The first-order valence-corrected chi connectivity index (χ1v) is 19.5. The van der Waals surface area contributed by atoms with Crippen LogP contribution in [0.4, 0.5) is 32.8 Å². The van der Waals surface area contributed by atoms with Crippen molar-refractivity contribution < 1.29 is 31.5 Å². The number of ether oxygens (including phenoxy) is 1. The van der Waals surface area contributed by atoms with Gasteiger partial charge in [0, 0.05) is 79.7 Å². The molecular weight excluding hydrogens is 749 g/mol. The number of fused-ring (bicyclic) bond motifs is 3. The van der Waals surface area contributed by atoms with Crippen LogP contribution in [0.25, 0.3) is 32.1 Å². The maximum absolute atomic E-state index is 17.2. The Kier molecular flexibility index (Phi) is 8.44. The van der Waals surface area contributed by atoms with E-state index in [1.807, 2.05) is 11.0 Å². The zero-order chi connectivity index (χ0) is 37.7. The van der Waals surface area contributed by atoms with E-state index in [0.29, 0.717) is 50.3 Å². The van der Waals surface area contributed by atoms with Crippen LogP contribution in [0.2, 0.25) is 5.02 Å². The fourth-order valence-corrected chi connectivity index (χ4v) is 10.7. The van der Waals surface area contributed by atoms with Crippen LogP contribution in [0.1, 0.15) is 56.9 Å². The number of nitrogens with zero attached hydrogens (tertiary/aromatic N) is 6. The van der Waals surface area contributed by atoms with Gasteiger partial charge in [-0.15, -0.1) is 11.3 Å². The lowest BCUT2D eigenvalue weighted by Gasteiger charge is -2.51. The standard InChI is InChI=1S/C38H37ClF5N7O2S/c39-25-11-23-31(30(42)29(25)22-4-5-26(41)32-28(22)24(14-45)33(46)54-32)47-35(53-19-37-7-3-9-51(37)15-21(40)13-37)48-34(23)49-8-2-1-6-36(16-49)17-50(18-36)27(52)10-20-12-38(20,43)44/h4-5,11,20-21H,1-3,6-10,12-13,15-19,46H2/t20?,21-,37+/m1/s1. The maximum atomic E-state index is 17.2. The van der Waals surface area contributed by atoms with E-state index in [0.717, 1.165) is 50.0 Å². The van der Waals surface area contributed by atoms with E-state index in [4.69, 9.17) is 27.1 Å². The number of hydrogen-bond acceptors (Lipinski definition) is 9. The summed E-state index contributed by atoms with van der Waals surface area (Å²) in [5.41, 5.74) is 5.26. The Bertz CT molecular complexity index is 2260. The Morgan fingerprint density at radius 2 is 1.91 bits per heavy atom. The fourth-order valence-electron chi connectivity index (χ4n) is 9.44. The van der Waals surface area contributed by atoms with E-state index in [1.165, 1.54) is 12.1 Å². The minimum atomic E-state index is -2.76. The van der Waals surface area contributed by atoms with Gasteiger partial charge >= 0.3 is 6.01 Å². The number of rotatable bonds is 7. The van der Waals surface area contributed by atoms with Crippen molar-refractivity contribution in [3.63, 3.8) is 0 Å². The van der Waals surface area contributed by atoms with Gasteiger partial charge in [0.2, 0.25) is 5.91 Å². The molecule has 2 N–H and O–H groups in total. The highest BCUT2D eigenvalue weighted by molar-refractivity contribution is 7.23. The van der Waals surface area contributed by atoms with Crippen molar-refractivity contribution in [2.24, 2.45) is 11.3 Å². The summed E-state index contributed by atoms with van der Waals surface area (Å²) in [7, 11) is 0. The third-order valence-corrected chi connectivity index (χ3v) is 13.6. The molecule has 4 saturated heterocycles. The lowest BCUT2D eigenvalue weighted by Crippen LogP contribution is -2.62. The van der Waals surface area contributed by atoms with E-state index >= 15 is 4.39 Å². The number of carbonyl (C=O) groups is 1. The molecule has 1 saturated carbocycles. The number of nitriles is 1. The Morgan fingerprint density at radius 1 is 1.11 bits per heavy atom.